The van der Waals surface area contributed by atoms with Crippen LogP contribution in [0, 0.1) is 0 Å². The Morgan fingerprint density at radius 2 is 2.14 bits per heavy atom. The lowest BCUT2D eigenvalue weighted by molar-refractivity contribution is -0.118. The molecule has 3 aromatic rings. The van der Waals surface area contributed by atoms with Gasteiger partial charge in [-0.15, -0.1) is 11.3 Å². The number of rotatable bonds is 4. The van der Waals surface area contributed by atoms with Crippen LogP contribution in [0.2, 0.25) is 10.0 Å². The smallest absolute Gasteiger partial charge is 0.263 e. The van der Waals surface area contributed by atoms with E-state index in [2.05, 4.69) is 15.3 Å². The van der Waals surface area contributed by atoms with E-state index in [1.807, 2.05) is 11.4 Å². The summed E-state index contributed by atoms with van der Waals surface area (Å²) in [5.41, 5.74) is 0. The van der Waals surface area contributed by atoms with Crippen LogP contribution in [0.15, 0.2) is 36.0 Å². The number of hydrogen-bond donors (Lipinski definition) is 1. The fraction of sp³-hybridized carbons (Fsp3) is 0.0714. The molecular formula is C14H9Cl2N3O2S. The third kappa shape index (κ3) is 3.30. The molecule has 2 aromatic heterocycles. The maximum Gasteiger partial charge on any atom is 0.263 e. The number of hydrogen-bond acceptors (Lipinski definition) is 5. The van der Waals surface area contributed by atoms with Gasteiger partial charge in [0.1, 0.15) is 22.7 Å². The van der Waals surface area contributed by atoms with Crippen molar-refractivity contribution in [2.75, 3.05) is 11.9 Å². The Hall–Kier alpha value is -1.89. The number of thiophene rings is 1. The van der Waals surface area contributed by atoms with Crippen molar-refractivity contribution < 1.29 is 9.53 Å². The molecule has 1 N–H and O–H groups in total. The lowest BCUT2D eigenvalue weighted by Gasteiger charge is -2.09. The molecule has 8 heteroatoms. The molecule has 0 aliphatic carbocycles. The van der Waals surface area contributed by atoms with E-state index in [4.69, 9.17) is 27.9 Å². The largest absolute Gasteiger partial charge is 0.482 e. The Morgan fingerprint density at radius 1 is 1.27 bits per heavy atom. The Kier molecular flexibility index (Phi) is 4.42. The van der Waals surface area contributed by atoms with Crippen LogP contribution in [0.1, 0.15) is 0 Å². The first kappa shape index (κ1) is 15.0. The Balaban J connectivity index is 1.66. The van der Waals surface area contributed by atoms with Gasteiger partial charge < -0.3 is 10.1 Å². The zero-order valence-electron chi connectivity index (χ0n) is 11.0. The van der Waals surface area contributed by atoms with Gasteiger partial charge in [0.25, 0.3) is 5.91 Å². The van der Waals surface area contributed by atoms with Crippen molar-refractivity contribution in [1.82, 2.24) is 9.97 Å². The first-order valence-corrected chi connectivity index (χ1v) is 7.83. The van der Waals surface area contributed by atoms with Crippen LogP contribution in [0.3, 0.4) is 0 Å². The van der Waals surface area contributed by atoms with Crippen LogP contribution in [-0.2, 0) is 4.79 Å². The minimum atomic E-state index is -0.336. The Morgan fingerprint density at radius 3 is 2.95 bits per heavy atom. The van der Waals surface area contributed by atoms with E-state index >= 15 is 0 Å². The fourth-order valence-corrected chi connectivity index (χ4v) is 2.99. The third-order valence-corrected chi connectivity index (χ3v) is 4.12. The molecule has 0 aliphatic heterocycles. The molecule has 0 saturated heterocycles. The normalized spacial score (nSPS) is 10.6. The topological polar surface area (TPSA) is 64.1 Å². The summed E-state index contributed by atoms with van der Waals surface area (Å²) in [6.45, 7) is -0.184. The standard InChI is InChI=1S/C14H9Cl2N3O2S/c15-8-1-2-11(10(16)5-8)21-6-12(20)19-13-9-3-4-22-14(9)18-7-17-13/h1-5,7H,6H2,(H,17,18,19,20). The van der Waals surface area contributed by atoms with E-state index < -0.39 is 0 Å². The van der Waals surface area contributed by atoms with Crippen LogP contribution >= 0.6 is 34.5 Å². The summed E-state index contributed by atoms with van der Waals surface area (Å²) >= 11 is 13.3. The number of nitrogens with one attached hydrogen (secondary N) is 1. The van der Waals surface area contributed by atoms with Crippen LogP contribution in [0.25, 0.3) is 10.2 Å². The third-order valence-electron chi connectivity index (χ3n) is 2.77. The Bertz CT molecular complexity index is 838. The number of fused-ring (bicyclic) bond motifs is 1. The molecule has 112 valence electrons. The number of anilines is 1. The SMILES string of the molecule is O=C(COc1ccc(Cl)cc1Cl)Nc1ncnc2sccc12. The highest BCUT2D eigenvalue weighted by Crippen LogP contribution is 2.27. The number of benzene rings is 1. The molecular weight excluding hydrogens is 345 g/mol. The summed E-state index contributed by atoms with van der Waals surface area (Å²) < 4.78 is 5.38. The fourth-order valence-electron chi connectivity index (χ4n) is 1.79. The van der Waals surface area contributed by atoms with E-state index in [9.17, 15) is 4.79 Å². The second-order valence-corrected chi connectivity index (χ2v) is 6.01. The average molecular weight is 354 g/mol. The van der Waals surface area contributed by atoms with Gasteiger partial charge in [0.15, 0.2) is 6.61 Å². The molecule has 0 bridgehead atoms. The Labute approximate surface area is 139 Å². The number of carbonyl (C=O) groups excluding carboxylic acids is 1. The molecule has 5 nitrogen and oxygen atoms in total. The molecule has 2 heterocycles. The molecule has 0 aliphatic rings. The van der Waals surface area contributed by atoms with Crippen molar-refractivity contribution in [2.24, 2.45) is 0 Å². The maximum atomic E-state index is 12.0. The highest BCUT2D eigenvalue weighted by atomic mass is 35.5. The monoisotopic (exact) mass is 353 g/mol. The van der Waals surface area contributed by atoms with E-state index in [0.29, 0.717) is 21.6 Å². The van der Waals surface area contributed by atoms with Gasteiger partial charge in [-0.1, -0.05) is 23.2 Å². The molecule has 1 aromatic carbocycles. The summed E-state index contributed by atoms with van der Waals surface area (Å²) in [6.07, 6.45) is 1.41. The van der Waals surface area contributed by atoms with E-state index in [1.54, 1.807) is 18.2 Å². The molecule has 0 radical (unpaired) electrons. The lowest BCUT2D eigenvalue weighted by Crippen LogP contribution is -2.21. The summed E-state index contributed by atoms with van der Waals surface area (Å²) in [5, 5.41) is 6.23. The van der Waals surface area contributed by atoms with Gasteiger partial charge in [-0.2, -0.15) is 0 Å². The number of amides is 1. The number of nitrogens with zero attached hydrogens (tertiary/aromatic N) is 2. The first-order valence-electron chi connectivity index (χ1n) is 6.19. The zero-order valence-corrected chi connectivity index (χ0v) is 13.4. The van der Waals surface area contributed by atoms with E-state index in [-0.39, 0.29) is 12.5 Å². The number of carbonyl (C=O) groups is 1. The minimum absolute atomic E-state index is 0.184. The van der Waals surface area contributed by atoms with Gasteiger partial charge in [0.2, 0.25) is 0 Å². The minimum Gasteiger partial charge on any atom is -0.482 e. The summed E-state index contributed by atoms with van der Waals surface area (Å²) in [4.78, 5) is 21.0. The predicted octanol–water partition coefficient (Wildman–Crippen LogP) is 4.02. The molecule has 22 heavy (non-hydrogen) atoms. The van der Waals surface area contributed by atoms with Crippen molar-refractivity contribution >= 4 is 56.5 Å². The van der Waals surface area contributed by atoms with Crippen molar-refractivity contribution in [3.05, 3.63) is 46.0 Å². The molecule has 1 amide bonds. The van der Waals surface area contributed by atoms with Crippen molar-refractivity contribution in [3.8, 4) is 5.75 Å². The van der Waals surface area contributed by atoms with Gasteiger partial charge in [0, 0.05) is 5.02 Å². The second kappa shape index (κ2) is 6.48. The van der Waals surface area contributed by atoms with Crippen LogP contribution in [-0.4, -0.2) is 22.5 Å². The number of aromatic nitrogens is 2. The van der Waals surface area contributed by atoms with Gasteiger partial charge in [0.05, 0.1) is 10.4 Å². The highest BCUT2D eigenvalue weighted by Gasteiger charge is 2.10. The molecule has 0 spiro atoms. The van der Waals surface area contributed by atoms with Gasteiger partial charge >= 0.3 is 0 Å². The number of ether oxygens (including phenoxy) is 1. The zero-order chi connectivity index (χ0) is 15.5. The van der Waals surface area contributed by atoms with E-state index in [1.165, 1.54) is 17.7 Å². The maximum absolute atomic E-state index is 12.0. The molecule has 0 saturated carbocycles. The number of halogens is 2. The summed E-state index contributed by atoms with van der Waals surface area (Å²) in [5.74, 6) is 0.517. The molecule has 0 atom stereocenters. The van der Waals surface area contributed by atoms with Crippen LogP contribution in [0.5, 0.6) is 5.75 Å². The second-order valence-electron chi connectivity index (χ2n) is 4.27. The predicted molar refractivity (Wildman–Crippen MR) is 88.0 cm³/mol. The van der Waals surface area contributed by atoms with Crippen LogP contribution in [0.4, 0.5) is 5.82 Å². The van der Waals surface area contributed by atoms with Crippen molar-refractivity contribution in [3.63, 3.8) is 0 Å². The summed E-state index contributed by atoms with van der Waals surface area (Å²) in [6, 6.07) is 6.65. The van der Waals surface area contributed by atoms with Crippen LogP contribution < -0.4 is 10.1 Å². The first-order chi connectivity index (χ1) is 10.6. The highest BCUT2D eigenvalue weighted by molar-refractivity contribution is 7.16. The lowest BCUT2D eigenvalue weighted by atomic mass is 10.3. The molecule has 3 rings (SSSR count). The van der Waals surface area contributed by atoms with Crippen molar-refractivity contribution in [1.29, 1.82) is 0 Å². The van der Waals surface area contributed by atoms with E-state index in [0.717, 1.165) is 10.2 Å². The summed E-state index contributed by atoms with van der Waals surface area (Å²) in [7, 11) is 0. The van der Waals surface area contributed by atoms with Gasteiger partial charge in [-0.3, -0.25) is 4.79 Å². The average Bonchev–Trinajstić information content (AvgIpc) is 2.96. The van der Waals surface area contributed by atoms with Gasteiger partial charge in [-0.25, -0.2) is 9.97 Å². The molecule has 0 unspecified atom stereocenters. The van der Waals surface area contributed by atoms with Gasteiger partial charge in [-0.05, 0) is 29.6 Å². The quantitative estimate of drug-likeness (QED) is 0.769. The molecule has 0 fully saturated rings. The van der Waals surface area contributed by atoms with Crippen molar-refractivity contribution in [2.45, 2.75) is 0 Å².